The highest BCUT2D eigenvalue weighted by Crippen LogP contribution is 2.37. The number of para-hydroxylation sites is 1. The molecule has 6 heteroatoms. The molecule has 0 saturated carbocycles. The van der Waals surface area contributed by atoms with Crippen LogP contribution in [-0.4, -0.2) is 16.1 Å². The Morgan fingerprint density at radius 2 is 1.85 bits per heavy atom. The molecule has 0 radical (unpaired) electrons. The fraction of sp³-hybridized carbons (Fsp3) is 0.143. The molecule has 0 aliphatic rings. The number of amides is 1. The fourth-order valence-electron chi connectivity index (χ4n) is 2.69. The van der Waals surface area contributed by atoms with Crippen LogP contribution in [0.4, 0.5) is 5.00 Å². The van der Waals surface area contributed by atoms with Crippen molar-refractivity contribution >= 4 is 55.6 Å². The summed E-state index contributed by atoms with van der Waals surface area (Å²) in [7, 11) is 0. The van der Waals surface area contributed by atoms with Gasteiger partial charge in [0.25, 0.3) is 5.91 Å². The van der Waals surface area contributed by atoms with Crippen molar-refractivity contribution in [2.24, 2.45) is 0 Å². The van der Waals surface area contributed by atoms with E-state index < -0.39 is 0 Å². The van der Waals surface area contributed by atoms with Crippen LogP contribution < -0.4 is 5.32 Å². The molecule has 0 aliphatic heterocycles. The van der Waals surface area contributed by atoms with Gasteiger partial charge in [-0.05, 0) is 47.8 Å². The zero-order valence-electron chi connectivity index (χ0n) is 14.9. The van der Waals surface area contributed by atoms with Gasteiger partial charge < -0.3 is 5.32 Å². The number of thioether (sulfide) groups is 1. The van der Waals surface area contributed by atoms with Crippen molar-refractivity contribution in [1.29, 1.82) is 0 Å². The highest BCUT2D eigenvalue weighted by molar-refractivity contribution is 7.99. The molecule has 2 aromatic carbocycles. The molecule has 4 rings (SSSR count). The second-order valence-electron chi connectivity index (χ2n) is 6.30. The van der Waals surface area contributed by atoms with Crippen LogP contribution in [0.15, 0.2) is 64.9 Å². The summed E-state index contributed by atoms with van der Waals surface area (Å²) in [6.07, 6.45) is 0. The molecule has 4 aromatic rings. The number of carbonyl (C=O) groups is 1. The first-order valence-corrected chi connectivity index (χ1v) is 11.2. The van der Waals surface area contributed by atoms with Gasteiger partial charge >= 0.3 is 0 Å². The van der Waals surface area contributed by atoms with Crippen LogP contribution in [0.25, 0.3) is 20.8 Å². The first-order valence-electron chi connectivity index (χ1n) is 8.61. The molecule has 27 heavy (non-hydrogen) atoms. The number of hydrogen-bond donors (Lipinski definition) is 1. The predicted molar refractivity (Wildman–Crippen MR) is 118 cm³/mol. The van der Waals surface area contributed by atoms with E-state index in [1.54, 1.807) is 23.1 Å². The Hall–Kier alpha value is -2.15. The van der Waals surface area contributed by atoms with Crippen molar-refractivity contribution in [3.8, 4) is 10.6 Å². The smallest absolute Gasteiger partial charge is 0.256 e. The average Bonchev–Trinajstić information content (AvgIpc) is 3.27. The second-order valence-corrected chi connectivity index (χ2v) is 9.89. The highest BCUT2D eigenvalue weighted by Gasteiger charge is 2.15. The van der Waals surface area contributed by atoms with Crippen molar-refractivity contribution in [3.63, 3.8) is 0 Å². The third kappa shape index (κ3) is 4.08. The minimum atomic E-state index is -0.0964. The van der Waals surface area contributed by atoms with Gasteiger partial charge in [-0.2, -0.15) is 0 Å². The number of anilines is 1. The molecule has 2 heterocycles. The van der Waals surface area contributed by atoms with Crippen molar-refractivity contribution < 1.29 is 4.79 Å². The third-order valence-corrected chi connectivity index (χ3v) is 6.82. The lowest BCUT2D eigenvalue weighted by molar-refractivity contribution is 0.102. The van der Waals surface area contributed by atoms with Gasteiger partial charge in [0.1, 0.15) is 10.0 Å². The lowest BCUT2D eigenvalue weighted by atomic mass is 10.2. The van der Waals surface area contributed by atoms with E-state index in [2.05, 4.69) is 25.2 Å². The number of nitrogens with zero attached hydrogens (tertiary/aromatic N) is 1. The lowest BCUT2D eigenvalue weighted by Crippen LogP contribution is -2.11. The number of nitrogens with one attached hydrogen (secondary N) is 1. The van der Waals surface area contributed by atoms with Crippen molar-refractivity contribution in [3.05, 3.63) is 65.5 Å². The van der Waals surface area contributed by atoms with E-state index in [0.29, 0.717) is 10.8 Å². The van der Waals surface area contributed by atoms with Crippen LogP contribution >= 0.6 is 34.4 Å². The molecule has 0 atom stereocenters. The topological polar surface area (TPSA) is 42.0 Å². The molecule has 0 fully saturated rings. The summed E-state index contributed by atoms with van der Waals surface area (Å²) in [6, 6.07) is 17.9. The maximum absolute atomic E-state index is 12.7. The van der Waals surface area contributed by atoms with Crippen LogP contribution in [-0.2, 0) is 0 Å². The largest absolute Gasteiger partial charge is 0.313 e. The standard InChI is InChI=1S/C21H18N2OS3/c1-13(2)26-15-9-7-14(8-10-15)19(24)23-20-16(11-12-25-20)21-22-17-5-3-4-6-18(17)27-21/h3-13H,1-2H3,(H,23,24). The molecular weight excluding hydrogens is 392 g/mol. The van der Waals surface area contributed by atoms with Gasteiger partial charge in [-0.25, -0.2) is 4.98 Å². The van der Waals surface area contributed by atoms with Crippen molar-refractivity contribution in [2.45, 2.75) is 24.0 Å². The summed E-state index contributed by atoms with van der Waals surface area (Å²) in [5.41, 5.74) is 2.62. The number of carbonyl (C=O) groups excluding carboxylic acids is 1. The van der Waals surface area contributed by atoms with Gasteiger partial charge in [0.15, 0.2) is 0 Å². The van der Waals surface area contributed by atoms with Crippen LogP contribution in [0.3, 0.4) is 0 Å². The number of fused-ring (bicyclic) bond motifs is 1. The van der Waals surface area contributed by atoms with Gasteiger partial charge in [0, 0.05) is 21.3 Å². The van der Waals surface area contributed by atoms with Crippen LogP contribution in [0.1, 0.15) is 24.2 Å². The Balaban J connectivity index is 1.55. The highest BCUT2D eigenvalue weighted by atomic mass is 32.2. The quantitative estimate of drug-likeness (QED) is 0.369. The van der Waals surface area contributed by atoms with E-state index in [0.717, 1.165) is 25.8 Å². The van der Waals surface area contributed by atoms with E-state index in [1.165, 1.54) is 16.2 Å². The molecule has 2 aromatic heterocycles. The zero-order chi connectivity index (χ0) is 18.8. The number of aromatic nitrogens is 1. The van der Waals surface area contributed by atoms with Gasteiger partial charge in [-0.1, -0.05) is 26.0 Å². The summed E-state index contributed by atoms with van der Waals surface area (Å²) in [5, 5.41) is 7.32. The third-order valence-electron chi connectivity index (χ3n) is 3.90. The normalized spacial score (nSPS) is 11.2. The second kappa shape index (κ2) is 7.84. The monoisotopic (exact) mass is 410 g/mol. The van der Waals surface area contributed by atoms with Crippen molar-refractivity contribution in [2.75, 3.05) is 5.32 Å². The molecule has 3 nitrogen and oxygen atoms in total. The number of thiophene rings is 1. The Kier molecular flexibility index (Phi) is 5.29. The van der Waals surface area contributed by atoms with Gasteiger partial charge in [-0.3, -0.25) is 4.79 Å². The Morgan fingerprint density at radius 3 is 2.59 bits per heavy atom. The Bertz CT molecular complexity index is 1050. The Morgan fingerprint density at radius 1 is 1.07 bits per heavy atom. The molecule has 0 spiro atoms. The maximum Gasteiger partial charge on any atom is 0.256 e. The maximum atomic E-state index is 12.7. The number of hydrogen-bond acceptors (Lipinski definition) is 5. The summed E-state index contributed by atoms with van der Waals surface area (Å²) in [4.78, 5) is 18.6. The SMILES string of the molecule is CC(C)Sc1ccc(C(=O)Nc2sccc2-c2nc3ccccc3s2)cc1. The molecule has 1 N–H and O–H groups in total. The number of thiazole rings is 1. The summed E-state index contributed by atoms with van der Waals surface area (Å²) in [6.45, 7) is 4.32. The van der Waals surface area contributed by atoms with E-state index >= 15 is 0 Å². The van der Waals surface area contributed by atoms with Crippen molar-refractivity contribution in [1.82, 2.24) is 4.98 Å². The number of rotatable bonds is 5. The van der Waals surface area contributed by atoms with Crippen LogP contribution in [0.2, 0.25) is 0 Å². The summed E-state index contributed by atoms with van der Waals surface area (Å²) >= 11 is 4.95. The minimum absolute atomic E-state index is 0.0964. The molecule has 0 saturated heterocycles. The van der Waals surface area contributed by atoms with Gasteiger partial charge in [0.2, 0.25) is 0 Å². The van der Waals surface area contributed by atoms with Crippen LogP contribution in [0, 0.1) is 0 Å². The predicted octanol–water partition coefficient (Wildman–Crippen LogP) is 6.78. The summed E-state index contributed by atoms with van der Waals surface area (Å²) < 4.78 is 1.15. The van der Waals surface area contributed by atoms with Gasteiger partial charge in [0.05, 0.1) is 10.2 Å². The van der Waals surface area contributed by atoms with Gasteiger partial charge in [-0.15, -0.1) is 34.4 Å². The molecule has 1 amide bonds. The molecule has 0 aliphatic carbocycles. The Labute approximate surface area is 170 Å². The average molecular weight is 411 g/mol. The molecule has 136 valence electrons. The molecule has 0 unspecified atom stereocenters. The van der Waals surface area contributed by atoms with E-state index in [4.69, 9.17) is 4.98 Å². The first kappa shape index (κ1) is 18.2. The first-order chi connectivity index (χ1) is 13.1. The molecule has 0 bridgehead atoms. The minimum Gasteiger partial charge on any atom is -0.313 e. The lowest BCUT2D eigenvalue weighted by Gasteiger charge is -2.07. The molecular formula is C21H18N2OS3. The van der Waals surface area contributed by atoms with E-state index in [9.17, 15) is 4.79 Å². The van der Waals surface area contributed by atoms with Crippen LogP contribution in [0.5, 0.6) is 0 Å². The fourth-order valence-corrected chi connectivity index (χ4v) is 5.38. The number of benzene rings is 2. The summed E-state index contributed by atoms with van der Waals surface area (Å²) in [5.74, 6) is -0.0964. The zero-order valence-corrected chi connectivity index (χ0v) is 17.4. The van der Waals surface area contributed by atoms with E-state index in [-0.39, 0.29) is 5.91 Å². The van der Waals surface area contributed by atoms with E-state index in [1.807, 2.05) is 53.9 Å².